The summed E-state index contributed by atoms with van der Waals surface area (Å²) in [5, 5.41) is 12.3. The minimum Gasteiger partial charge on any atom is -0.477 e. The lowest BCUT2D eigenvalue weighted by atomic mass is 9.78. The molecule has 0 saturated heterocycles. The summed E-state index contributed by atoms with van der Waals surface area (Å²) >= 11 is 0. The molecule has 0 aromatic carbocycles. The zero-order valence-electron chi connectivity index (χ0n) is 13.1. The molecule has 116 valence electrons. The molecule has 1 aliphatic carbocycles. The number of nitrogens with one attached hydrogen (secondary N) is 1. The number of anilines is 1. The lowest BCUT2D eigenvalue weighted by molar-refractivity contribution is 0.0690. The fraction of sp³-hybridized carbons (Fsp3) is 0.688. The molecular weight excluding hydrogens is 266 g/mol. The highest BCUT2D eigenvalue weighted by atomic mass is 16.4. The molecule has 1 aliphatic rings. The molecule has 21 heavy (non-hydrogen) atoms. The SMILES string of the molecule is Cc1cc(C(=O)O)nc(NCC2(CC(C)C)CCCC2)n1. The molecule has 0 bridgehead atoms. The Hall–Kier alpha value is -1.65. The fourth-order valence-electron chi connectivity index (χ4n) is 3.47. The van der Waals surface area contributed by atoms with Gasteiger partial charge in [-0.2, -0.15) is 0 Å². The highest BCUT2D eigenvalue weighted by Gasteiger charge is 2.34. The number of carboxylic acids is 1. The van der Waals surface area contributed by atoms with Crippen LogP contribution in [0.2, 0.25) is 0 Å². The van der Waals surface area contributed by atoms with E-state index in [1.165, 1.54) is 38.2 Å². The number of aromatic carboxylic acids is 1. The third kappa shape index (κ3) is 4.16. The zero-order chi connectivity index (χ0) is 15.5. The Labute approximate surface area is 126 Å². The van der Waals surface area contributed by atoms with Gasteiger partial charge in [0, 0.05) is 12.2 Å². The van der Waals surface area contributed by atoms with E-state index in [-0.39, 0.29) is 5.69 Å². The van der Waals surface area contributed by atoms with Crippen molar-refractivity contribution in [2.45, 2.75) is 52.9 Å². The van der Waals surface area contributed by atoms with Gasteiger partial charge in [-0.15, -0.1) is 0 Å². The highest BCUT2D eigenvalue weighted by Crippen LogP contribution is 2.43. The first kappa shape index (κ1) is 15.7. The van der Waals surface area contributed by atoms with Crippen LogP contribution >= 0.6 is 0 Å². The number of hydrogen-bond donors (Lipinski definition) is 2. The van der Waals surface area contributed by atoms with Crippen molar-refractivity contribution in [3.63, 3.8) is 0 Å². The van der Waals surface area contributed by atoms with E-state index in [1.807, 2.05) is 0 Å². The van der Waals surface area contributed by atoms with E-state index in [9.17, 15) is 4.79 Å². The highest BCUT2D eigenvalue weighted by molar-refractivity contribution is 5.85. The molecule has 0 unspecified atom stereocenters. The van der Waals surface area contributed by atoms with Gasteiger partial charge in [-0.05, 0) is 43.6 Å². The summed E-state index contributed by atoms with van der Waals surface area (Å²) in [5.41, 5.74) is 1.04. The van der Waals surface area contributed by atoms with Crippen molar-refractivity contribution in [3.8, 4) is 0 Å². The van der Waals surface area contributed by atoms with Gasteiger partial charge in [0.2, 0.25) is 5.95 Å². The molecule has 0 spiro atoms. The lowest BCUT2D eigenvalue weighted by Crippen LogP contribution is -2.29. The van der Waals surface area contributed by atoms with Crippen molar-refractivity contribution in [1.82, 2.24) is 9.97 Å². The van der Waals surface area contributed by atoms with Gasteiger partial charge in [-0.1, -0.05) is 26.7 Å². The first-order valence-corrected chi connectivity index (χ1v) is 7.73. The summed E-state index contributed by atoms with van der Waals surface area (Å²) in [5.74, 6) is 0.0849. The number of nitrogens with zero attached hydrogens (tertiary/aromatic N) is 2. The Bertz CT molecular complexity index is 508. The van der Waals surface area contributed by atoms with Crippen molar-refractivity contribution in [3.05, 3.63) is 17.5 Å². The van der Waals surface area contributed by atoms with E-state index in [4.69, 9.17) is 5.11 Å². The Morgan fingerprint density at radius 2 is 2.05 bits per heavy atom. The van der Waals surface area contributed by atoms with Gasteiger partial charge >= 0.3 is 5.97 Å². The molecule has 1 aromatic heterocycles. The van der Waals surface area contributed by atoms with E-state index in [0.717, 1.165) is 6.54 Å². The summed E-state index contributed by atoms with van der Waals surface area (Å²) < 4.78 is 0. The predicted octanol–water partition coefficient (Wildman–Crippen LogP) is 3.50. The third-order valence-electron chi connectivity index (χ3n) is 4.20. The maximum absolute atomic E-state index is 11.1. The van der Waals surface area contributed by atoms with Crippen molar-refractivity contribution >= 4 is 11.9 Å². The lowest BCUT2D eigenvalue weighted by Gasteiger charge is -2.31. The molecule has 0 aliphatic heterocycles. The van der Waals surface area contributed by atoms with Crippen LogP contribution in [0.25, 0.3) is 0 Å². The molecule has 0 amide bonds. The molecule has 2 rings (SSSR count). The summed E-state index contributed by atoms with van der Waals surface area (Å²) in [6.07, 6.45) is 6.22. The molecule has 0 radical (unpaired) electrons. The monoisotopic (exact) mass is 291 g/mol. The van der Waals surface area contributed by atoms with Gasteiger partial charge in [0.15, 0.2) is 5.69 Å². The molecule has 2 N–H and O–H groups in total. The first-order valence-electron chi connectivity index (χ1n) is 7.73. The zero-order valence-corrected chi connectivity index (χ0v) is 13.1. The topological polar surface area (TPSA) is 75.1 Å². The van der Waals surface area contributed by atoms with Gasteiger partial charge < -0.3 is 10.4 Å². The van der Waals surface area contributed by atoms with Crippen LogP contribution in [0.5, 0.6) is 0 Å². The maximum Gasteiger partial charge on any atom is 0.354 e. The number of rotatable bonds is 6. The minimum atomic E-state index is -1.01. The minimum absolute atomic E-state index is 0.0503. The average molecular weight is 291 g/mol. The molecule has 0 atom stereocenters. The van der Waals surface area contributed by atoms with E-state index >= 15 is 0 Å². The van der Waals surface area contributed by atoms with Crippen LogP contribution in [0.15, 0.2) is 6.07 Å². The van der Waals surface area contributed by atoms with E-state index in [1.54, 1.807) is 6.92 Å². The standard InChI is InChI=1S/C16H25N3O2/c1-11(2)9-16(6-4-5-7-16)10-17-15-18-12(3)8-13(19-15)14(20)21/h8,11H,4-7,9-10H2,1-3H3,(H,20,21)(H,17,18,19). The van der Waals surface area contributed by atoms with Crippen molar-refractivity contribution in [2.24, 2.45) is 11.3 Å². The molecule has 1 fully saturated rings. The number of carbonyl (C=O) groups is 1. The van der Waals surface area contributed by atoms with Crippen molar-refractivity contribution in [2.75, 3.05) is 11.9 Å². The fourth-order valence-corrected chi connectivity index (χ4v) is 3.47. The van der Waals surface area contributed by atoms with Crippen LogP contribution in [0.4, 0.5) is 5.95 Å². The molecule has 5 heteroatoms. The van der Waals surface area contributed by atoms with Gasteiger partial charge in [-0.3, -0.25) is 0 Å². The molecule has 1 aromatic rings. The number of hydrogen-bond acceptors (Lipinski definition) is 4. The Balaban J connectivity index is 2.09. The van der Waals surface area contributed by atoms with E-state index in [0.29, 0.717) is 23.0 Å². The Morgan fingerprint density at radius 3 is 2.62 bits per heavy atom. The number of aryl methyl sites for hydroxylation is 1. The normalized spacial score (nSPS) is 17.1. The van der Waals surface area contributed by atoms with Gasteiger partial charge in [-0.25, -0.2) is 14.8 Å². The number of aromatic nitrogens is 2. The Kier molecular flexibility index (Phi) is 4.80. The second kappa shape index (κ2) is 6.41. The Morgan fingerprint density at radius 1 is 1.38 bits per heavy atom. The van der Waals surface area contributed by atoms with Crippen LogP contribution in [0.3, 0.4) is 0 Å². The molecule has 1 saturated carbocycles. The maximum atomic E-state index is 11.1. The van der Waals surface area contributed by atoms with Crippen molar-refractivity contribution in [1.29, 1.82) is 0 Å². The second-order valence-corrected chi connectivity index (χ2v) is 6.68. The summed E-state index contributed by atoms with van der Waals surface area (Å²) in [6.45, 7) is 7.13. The number of carboxylic acid groups (broad SMARTS) is 1. The van der Waals surface area contributed by atoms with E-state index < -0.39 is 5.97 Å². The van der Waals surface area contributed by atoms with Gasteiger partial charge in [0.05, 0.1) is 0 Å². The summed E-state index contributed by atoms with van der Waals surface area (Å²) in [4.78, 5) is 19.4. The molecule has 1 heterocycles. The second-order valence-electron chi connectivity index (χ2n) is 6.68. The molecular formula is C16H25N3O2. The van der Waals surface area contributed by atoms with Crippen LogP contribution in [0.1, 0.15) is 62.1 Å². The van der Waals surface area contributed by atoms with Gasteiger partial charge in [0.25, 0.3) is 0 Å². The third-order valence-corrected chi connectivity index (χ3v) is 4.20. The first-order chi connectivity index (χ1) is 9.90. The van der Waals surface area contributed by atoms with E-state index in [2.05, 4.69) is 29.1 Å². The largest absolute Gasteiger partial charge is 0.477 e. The van der Waals surface area contributed by atoms with Crippen LogP contribution < -0.4 is 5.32 Å². The van der Waals surface area contributed by atoms with Crippen molar-refractivity contribution < 1.29 is 9.90 Å². The molecule has 5 nitrogen and oxygen atoms in total. The van der Waals surface area contributed by atoms with Crippen LogP contribution in [0, 0.1) is 18.3 Å². The predicted molar refractivity (Wildman–Crippen MR) is 82.6 cm³/mol. The summed E-state index contributed by atoms with van der Waals surface area (Å²) in [6, 6.07) is 1.49. The average Bonchev–Trinajstić information content (AvgIpc) is 2.84. The summed E-state index contributed by atoms with van der Waals surface area (Å²) in [7, 11) is 0. The quantitative estimate of drug-likeness (QED) is 0.839. The van der Waals surface area contributed by atoms with Crippen LogP contribution in [-0.4, -0.2) is 27.6 Å². The smallest absolute Gasteiger partial charge is 0.354 e. The van der Waals surface area contributed by atoms with Gasteiger partial charge in [0.1, 0.15) is 0 Å². The van der Waals surface area contributed by atoms with Crippen LogP contribution in [-0.2, 0) is 0 Å².